The molecular weight excluding hydrogens is 405 g/mol. The predicted molar refractivity (Wildman–Crippen MR) is 84.1 cm³/mol. The Bertz CT molecular complexity index is 643. The molecule has 0 bridgehead atoms. The molecule has 2 heterocycles. The van der Waals surface area contributed by atoms with Gasteiger partial charge in [0.25, 0.3) is 0 Å². The first-order valence-electron chi connectivity index (χ1n) is 8.05. The Morgan fingerprint density at radius 3 is 2.78 bits per heavy atom. The maximum absolute atomic E-state index is 10.4. The number of halogens is 1. The lowest BCUT2D eigenvalue weighted by Crippen LogP contribution is -3.00. The van der Waals surface area contributed by atoms with E-state index < -0.39 is 6.10 Å². The molecule has 0 saturated carbocycles. The molecule has 0 spiro atoms. The van der Waals surface area contributed by atoms with Gasteiger partial charge in [-0.05, 0) is 18.1 Å². The van der Waals surface area contributed by atoms with Crippen LogP contribution in [0.3, 0.4) is 0 Å². The smallest absolute Gasteiger partial charge is 0.165 e. The Kier molecular flexibility index (Phi) is 4.40. The van der Waals surface area contributed by atoms with E-state index >= 15 is 0 Å². The third kappa shape index (κ3) is 2.66. The van der Waals surface area contributed by atoms with Crippen molar-refractivity contribution >= 4 is 0 Å². The summed E-state index contributed by atoms with van der Waals surface area (Å²) in [5, 5.41) is 10.4. The molecule has 2 unspecified atom stereocenters. The van der Waals surface area contributed by atoms with Crippen LogP contribution in [-0.4, -0.2) is 49.5 Å². The summed E-state index contributed by atoms with van der Waals surface area (Å²) < 4.78 is 12.7. The molecule has 1 N–H and O–H groups in total. The topological polar surface area (TPSA) is 38.7 Å². The van der Waals surface area contributed by atoms with Gasteiger partial charge >= 0.3 is 0 Å². The van der Waals surface area contributed by atoms with Crippen molar-refractivity contribution in [3.63, 3.8) is 0 Å². The second-order valence-electron chi connectivity index (χ2n) is 7.42. The fourth-order valence-electron chi connectivity index (χ4n) is 4.32. The molecule has 126 valence electrons. The SMILES string of the molecule is COc1ccc2c3c1O[C@@H]1C3C(C=C[C@H]1O)CC[N+](C)(C)C2.[I-]. The van der Waals surface area contributed by atoms with Crippen LogP contribution < -0.4 is 33.5 Å². The highest BCUT2D eigenvalue weighted by molar-refractivity contribution is 5.57. The number of allylic oxidation sites excluding steroid dienone is 1. The Labute approximate surface area is 154 Å². The van der Waals surface area contributed by atoms with Crippen LogP contribution in [0.1, 0.15) is 23.5 Å². The van der Waals surface area contributed by atoms with E-state index in [1.54, 1.807) is 7.11 Å². The second kappa shape index (κ2) is 5.93. The average molecular weight is 429 g/mol. The van der Waals surface area contributed by atoms with Crippen LogP contribution in [0.25, 0.3) is 0 Å². The van der Waals surface area contributed by atoms with Gasteiger partial charge in [-0.25, -0.2) is 0 Å². The molecule has 0 radical (unpaired) electrons. The Morgan fingerprint density at radius 2 is 2.04 bits per heavy atom. The van der Waals surface area contributed by atoms with Gasteiger partial charge in [-0.3, -0.25) is 0 Å². The number of nitrogens with zero attached hydrogens (tertiary/aromatic N) is 1. The summed E-state index contributed by atoms with van der Waals surface area (Å²) in [6.45, 7) is 2.13. The Balaban J connectivity index is 0.00000156. The Hall–Kier alpha value is -0.790. The van der Waals surface area contributed by atoms with Crippen molar-refractivity contribution in [2.75, 3.05) is 27.7 Å². The van der Waals surface area contributed by atoms with Crippen LogP contribution in [0.4, 0.5) is 0 Å². The molecule has 2 aliphatic heterocycles. The van der Waals surface area contributed by atoms with Gasteiger partial charge in [0.05, 0.1) is 27.7 Å². The van der Waals surface area contributed by atoms with Crippen LogP contribution in [0.15, 0.2) is 24.3 Å². The zero-order valence-corrected chi connectivity index (χ0v) is 16.0. The quantitative estimate of drug-likeness (QED) is 0.357. The van der Waals surface area contributed by atoms with E-state index in [1.165, 1.54) is 11.1 Å². The van der Waals surface area contributed by atoms with Crippen molar-refractivity contribution in [2.24, 2.45) is 5.92 Å². The molecule has 5 heteroatoms. The molecule has 1 aromatic carbocycles. The second-order valence-corrected chi connectivity index (χ2v) is 7.42. The fourth-order valence-corrected chi connectivity index (χ4v) is 4.32. The molecule has 0 aromatic heterocycles. The van der Waals surface area contributed by atoms with Gasteiger partial charge in [-0.1, -0.05) is 12.2 Å². The molecule has 23 heavy (non-hydrogen) atoms. The van der Waals surface area contributed by atoms with Crippen molar-refractivity contribution in [2.45, 2.75) is 31.1 Å². The summed E-state index contributed by atoms with van der Waals surface area (Å²) in [7, 11) is 6.25. The van der Waals surface area contributed by atoms with Gasteiger partial charge < -0.3 is 43.0 Å². The van der Waals surface area contributed by atoms with Crippen LogP contribution in [0, 0.1) is 5.92 Å². The first-order valence-corrected chi connectivity index (χ1v) is 8.05. The highest BCUT2D eigenvalue weighted by Gasteiger charge is 2.48. The first-order chi connectivity index (χ1) is 10.5. The Morgan fingerprint density at radius 1 is 1.26 bits per heavy atom. The van der Waals surface area contributed by atoms with E-state index in [1.807, 2.05) is 12.1 Å². The number of hydrogen-bond donors (Lipinski definition) is 1. The molecular formula is C18H24INO3. The fraction of sp³-hybridized carbons (Fsp3) is 0.556. The van der Waals surface area contributed by atoms with E-state index in [9.17, 15) is 5.11 Å². The number of benzene rings is 1. The lowest BCUT2D eigenvalue weighted by molar-refractivity contribution is -0.904. The van der Waals surface area contributed by atoms with Crippen LogP contribution in [-0.2, 0) is 6.54 Å². The van der Waals surface area contributed by atoms with Gasteiger partial charge in [0.2, 0.25) is 0 Å². The minimum absolute atomic E-state index is 0. The summed E-state index contributed by atoms with van der Waals surface area (Å²) in [5.74, 6) is 2.31. The number of rotatable bonds is 1. The predicted octanol–water partition coefficient (Wildman–Crippen LogP) is -0.929. The van der Waals surface area contributed by atoms with Crippen LogP contribution in [0.5, 0.6) is 11.5 Å². The van der Waals surface area contributed by atoms with E-state index in [0.717, 1.165) is 35.5 Å². The third-order valence-corrected chi connectivity index (χ3v) is 5.43. The molecule has 0 amide bonds. The highest BCUT2D eigenvalue weighted by Crippen LogP contribution is 2.53. The lowest BCUT2D eigenvalue weighted by Gasteiger charge is -2.38. The summed E-state index contributed by atoms with van der Waals surface area (Å²) in [6.07, 6.45) is 4.52. The molecule has 1 aliphatic carbocycles. The summed E-state index contributed by atoms with van der Waals surface area (Å²) in [5.41, 5.74) is 2.60. The van der Waals surface area contributed by atoms with Crippen molar-refractivity contribution in [1.82, 2.24) is 0 Å². The lowest BCUT2D eigenvalue weighted by atomic mass is 9.73. The van der Waals surface area contributed by atoms with E-state index in [-0.39, 0.29) is 36.0 Å². The maximum atomic E-state index is 10.4. The molecule has 4 rings (SSSR count). The number of ether oxygens (including phenoxy) is 2. The van der Waals surface area contributed by atoms with Crippen molar-refractivity contribution < 1.29 is 43.0 Å². The molecule has 3 aliphatic rings. The molecule has 0 fully saturated rings. The van der Waals surface area contributed by atoms with Gasteiger partial charge in [-0.15, -0.1) is 0 Å². The van der Waals surface area contributed by atoms with Gasteiger partial charge in [0.15, 0.2) is 11.5 Å². The van der Waals surface area contributed by atoms with Crippen LogP contribution in [0.2, 0.25) is 0 Å². The normalized spacial score (nSPS) is 32.9. The minimum atomic E-state index is -0.534. The number of quaternary nitrogens is 1. The molecule has 1 aromatic rings. The van der Waals surface area contributed by atoms with Crippen molar-refractivity contribution in [1.29, 1.82) is 0 Å². The number of aliphatic hydroxyl groups is 1. The largest absolute Gasteiger partial charge is 1.00 e. The van der Waals surface area contributed by atoms with E-state index in [0.29, 0.717) is 5.92 Å². The maximum Gasteiger partial charge on any atom is 0.165 e. The van der Waals surface area contributed by atoms with E-state index in [4.69, 9.17) is 9.47 Å². The minimum Gasteiger partial charge on any atom is -1.00 e. The third-order valence-electron chi connectivity index (χ3n) is 5.43. The van der Waals surface area contributed by atoms with Gasteiger partial charge in [0, 0.05) is 23.5 Å². The van der Waals surface area contributed by atoms with Crippen LogP contribution >= 0.6 is 0 Å². The summed E-state index contributed by atoms with van der Waals surface area (Å²) in [6, 6.07) is 4.18. The summed E-state index contributed by atoms with van der Waals surface area (Å²) >= 11 is 0. The average Bonchev–Trinajstić information content (AvgIpc) is 2.87. The van der Waals surface area contributed by atoms with Gasteiger partial charge in [0.1, 0.15) is 18.8 Å². The highest BCUT2D eigenvalue weighted by atomic mass is 127. The number of aliphatic hydroxyl groups excluding tert-OH is 1. The van der Waals surface area contributed by atoms with Gasteiger partial charge in [-0.2, -0.15) is 0 Å². The van der Waals surface area contributed by atoms with Crippen molar-refractivity contribution in [3.8, 4) is 11.5 Å². The number of methoxy groups -OCH3 is 1. The monoisotopic (exact) mass is 429 g/mol. The zero-order valence-electron chi connectivity index (χ0n) is 13.8. The summed E-state index contributed by atoms with van der Waals surface area (Å²) in [4.78, 5) is 0. The molecule has 4 nitrogen and oxygen atoms in total. The van der Waals surface area contributed by atoms with E-state index in [2.05, 4.69) is 26.2 Å². The molecule has 4 atom stereocenters. The molecule has 0 saturated heterocycles. The standard InChI is InChI=1S/C18H24NO3.HI/c1-19(2)9-8-11-4-6-13(20)17-15(11)16-12(10-19)5-7-14(21-3)18(16)22-17;/h4-7,11,13,15,17,20H,8-10H2,1-3H3;1H/q+1;/p-1/t11?,13-,15?,17+;/m1./s1. The van der Waals surface area contributed by atoms with Crippen molar-refractivity contribution in [3.05, 3.63) is 35.4 Å². The first kappa shape index (κ1) is 17.0. The zero-order chi connectivity index (χ0) is 15.5. The number of hydrogen-bond acceptors (Lipinski definition) is 3.